The summed E-state index contributed by atoms with van der Waals surface area (Å²) in [6.45, 7) is 6.39. The molecule has 1 saturated carbocycles. The van der Waals surface area contributed by atoms with Crippen LogP contribution < -0.4 is 10.2 Å². The van der Waals surface area contributed by atoms with Crippen LogP contribution in [0.3, 0.4) is 0 Å². The number of hydrogen-bond donors (Lipinski definition) is 1. The molecule has 122 valence electrons. The van der Waals surface area contributed by atoms with Crippen LogP contribution in [0.4, 0.5) is 10.1 Å². The highest BCUT2D eigenvalue weighted by molar-refractivity contribution is 5.50. The molecule has 1 atom stereocenters. The molecule has 1 aliphatic carbocycles. The number of hydrogen-bond acceptors (Lipinski definition) is 2. The molecule has 0 aromatic heterocycles. The van der Waals surface area contributed by atoms with Crippen molar-refractivity contribution >= 4 is 5.69 Å². The number of piperidine rings is 1. The van der Waals surface area contributed by atoms with Gasteiger partial charge in [0.1, 0.15) is 5.82 Å². The molecule has 2 aliphatic rings. The molecule has 1 aromatic carbocycles. The first-order valence-corrected chi connectivity index (χ1v) is 8.94. The minimum absolute atomic E-state index is 0.0628. The Hall–Kier alpha value is -1.09. The van der Waals surface area contributed by atoms with E-state index in [1.807, 2.05) is 6.07 Å². The van der Waals surface area contributed by atoms with Crippen LogP contribution in [0.15, 0.2) is 18.2 Å². The summed E-state index contributed by atoms with van der Waals surface area (Å²) in [4.78, 5) is 2.20. The van der Waals surface area contributed by atoms with Crippen molar-refractivity contribution in [2.75, 3.05) is 18.0 Å². The summed E-state index contributed by atoms with van der Waals surface area (Å²) in [5.74, 6) is 0.710. The van der Waals surface area contributed by atoms with E-state index in [0.717, 1.165) is 30.3 Å². The molecule has 1 heterocycles. The van der Waals surface area contributed by atoms with Gasteiger partial charge in [0.05, 0.1) is 5.69 Å². The van der Waals surface area contributed by atoms with Crippen LogP contribution in [-0.4, -0.2) is 19.1 Å². The Kier molecular flexibility index (Phi) is 5.02. The van der Waals surface area contributed by atoms with Crippen molar-refractivity contribution in [1.82, 2.24) is 5.32 Å². The van der Waals surface area contributed by atoms with Crippen LogP contribution in [0.25, 0.3) is 0 Å². The Morgan fingerprint density at radius 1 is 1.14 bits per heavy atom. The third-order valence-corrected chi connectivity index (χ3v) is 5.44. The van der Waals surface area contributed by atoms with Crippen LogP contribution >= 0.6 is 0 Å². The highest BCUT2D eigenvalue weighted by atomic mass is 19.1. The van der Waals surface area contributed by atoms with Crippen molar-refractivity contribution in [3.63, 3.8) is 0 Å². The van der Waals surface area contributed by atoms with Crippen molar-refractivity contribution < 1.29 is 4.39 Å². The first kappa shape index (κ1) is 15.8. The zero-order valence-corrected chi connectivity index (χ0v) is 13.9. The summed E-state index contributed by atoms with van der Waals surface area (Å²) in [7, 11) is 0. The lowest BCUT2D eigenvalue weighted by atomic mass is 9.98. The molecular formula is C19H29FN2. The molecule has 1 N–H and O–H groups in total. The van der Waals surface area contributed by atoms with Gasteiger partial charge in [-0.1, -0.05) is 25.8 Å². The van der Waals surface area contributed by atoms with E-state index in [-0.39, 0.29) is 11.9 Å². The Morgan fingerprint density at radius 2 is 1.82 bits per heavy atom. The third kappa shape index (κ3) is 3.62. The van der Waals surface area contributed by atoms with Crippen molar-refractivity contribution in [2.24, 2.45) is 5.92 Å². The molecule has 0 amide bonds. The van der Waals surface area contributed by atoms with E-state index in [4.69, 9.17) is 0 Å². The van der Waals surface area contributed by atoms with Gasteiger partial charge in [0.2, 0.25) is 0 Å². The van der Waals surface area contributed by atoms with Gasteiger partial charge in [0.15, 0.2) is 0 Å². The lowest BCUT2D eigenvalue weighted by Crippen LogP contribution is -2.33. The van der Waals surface area contributed by atoms with Gasteiger partial charge in [0, 0.05) is 25.2 Å². The quantitative estimate of drug-likeness (QED) is 0.870. The second-order valence-electron chi connectivity index (χ2n) is 7.25. The Morgan fingerprint density at radius 3 is 2.45 bits per heavy atom. The monoisotopic (exact) mass is 304 g/mol. The maximum absolute atomic E-state index is 14.5. The van der Waals surface area contributed by atoms with Crippen LogP contribution in [0.5, 0.6) is 0 Å². The highest BCUT2D eigenvalue weighted by Crippen LogP contribution is 2.28. The third-order valence-electron chi connectivity index (χ3n) is 5.44. The van der Waals surface area contributed by atoms with Crippen LogP contribution in [0, 0.1) is 11.7 Å². The lowest BCUT2D eigenvalue weighted by molar-refractivity contribution is 0.434. The first-order valence-electron chi connectivity index (χ1n) is 8.94. The van der Waals surface area contributed by atoms with Crippen molar-refractivity contribution in [1.29, 1.82) is 0 Å². The number of benzene rings is 1. The normalized spacial score (nSPS) is 22.2. The molecule has 0 spiro atoms. The number of nitrogens with zero attached hydrogens (tertiary/aromatic N) is 1. The van der Waals surface area contributed by atoms with Crippen molar-refractivity contribution in [3.8, 4) is 0 Å². The molecule has 1 saturated heterocycles. The van der Waals surface area contributed by atoms with Crippen molar-refractivity contribution in [3.05, 3.63) is 29.6 Å². The lowest BCUT2D eigenvalue weighted by Gasteiger charge is -2.32. The van der Waals surface area contributed by atoms with E-state index in [9.17, 15) is 4.39 Å². The van der Waals surface area contributed by atoms with Crippen LogP contribution in [-0.2, 0) is 0 Å². The molecule has 3 rings (SSSR count). The number of nitrogens with one attached hydrogen (secondary N) is 1. The molecule has 2 fully saturated rings. The number of anilines is 1. The van der Waals surface area contributed by atoms with E-state index >= 15 is 0 Å². The maximum atomic E-state index is 14.5. The van der Waals surface area contributed by atoms with E-state index in [1.54, 1.807) is 6.07 Å². The molecule has 1 aromatic rings. The number of rotatable bonds is 4. The van der Waals surface area contributed by atoms with Gasteiger partial charge in [-0.15, -0.1) is 0 Å². The van der Waals surface area contributed by atoms with Gasteiger partial charge < -0.3 is 10.2 Å². The van der Waals surface area contributed by atoms with Gasteiger partial charge in [-0.2, -0.15) is 0 Å². The summed E-state index contributed by atoms with van der Waals surface area (Å²) in [5.41, 5.74) is 1.85. The van der Waals surface area contributed by atoms with Crippen molar-refractivity contribution in [2.45, 2.75) is 64.5 Å². The topological polar surface area (TPSA) is 15.3 Å². The van der Waals surface area contributed by atoms with E-state index in [0.29, 0.717) is 6.04 Å². The predicted octanol–water partition coefficient (Wildman–Crippen LogP) is 4.66. The predicted molar refractivity (Wildman–Crippen MR) is 90.8 cm³/mol. The molecule has 3 heteroatoms. The Labute approximate surface area is 134 Å². The molecular weight excluding hydrogens is 275 g/mol. The standard InChI is InChI=1S/C19H29FN2/c1-14-9-11-22(12-10-14)19-8-7-16(13-18(19)20)15(2)21-17-5-3-4-6-17/h7-8,13-15,17,21H,3-6,9-12H2,1-2H3/t15-/m1/s1. The zero-order valence-electron chi connectivity index (χ0n) is 13.9. The summed E-state index contributed by atoms with van der Waals surface area (Å²) in [5, 5.41) is 3.65. The fraction of sp³-hybridized carbons (Fsp3) is 0.684. The van der Waals surface area contributed by atoms with Gasteiger partial charge in [-0.05, 0) is 56.2 Å². The summed E-state index contributed by atoms with van der Waals surface area (Å²) >= 11 is 0. The smallest absolute Gasteiger partial charge is 0.146 e. The largest absolute Gasteiger partial charge is 0.369 e. The Balaban J connectivity index is 1.66. The second kappa shape index (κ2) is 6.99. The molecule has 1 aliphatic heterocycles. The number of halogens is 1. The molecule has 0 radical (unpaired) electrons. The molecule has 0 bridgehead atoms. The second-order valence-corrected chi connectivity index (χ2v) is 7.25. The van der Waals surface area contributed by atoms with Crippen LogP contribution in [0.1, 0.15) is 64.0 Å². The summed E-state index contributed by atoms with van der Waals surface area (Å²) in [6.07, 6.45) is 7.51. The fourth-order valence-corrected chi connectivity index (χ4v) is 3.84. The highest BCUT2D eigenvalue weighted by Gasteiger charge is 2.21. The average molecular weight is 304 g/mol. The summed E-state index contributed by atoms with van der Waals surface area (Å²) < 4.78 is 14.5. The zero-order chi connectivity index (χ0) is 15.5. The van der Waals surface area contributed by atoms with E-state index in [2.05, 4.69) is 30.1 Å². The van der Waals surface area contributed by atoms with Crippen LogP contribution in [0.2, 0.25) is 0 Å². The maximum Gasteiger partial charge on any atom is 0.146 e. The molecule has 22 heavy (non-hydrogen) atoms. The van der Waals surface area contributed by atoms with Gasteiger partial charge >= 0.3 is 0 Å². The van der Waals surface area contributed by atoms with Gasteiger partial charge in [-0.3, -0.25) is 0 Å². The molecule has 2 nitrogen and oxygen atoms in total. The first-order chi connectivity index (χ1) is 10.6. The summed E-state index contributed by atoms with van der Waals surface area (Å²) in [6, 6.07) is 6.66. The van der Waals surface area contributed by atoms with E-state index in [1.165, 1.54) is 38.5 Å². The van der Waals surface area contributed by atoms with E-state index < -0.39 is 0 Å². The van der Waals surface area contributed by atoms with Gasteiger partial charge in [-0.25, -0.2) is 4.39 Å². The fourth-order valence-electron chi connectivity index (χ4n) is 3.84. The van der Waals surface area contributed by atoms with Gasteiger partial charge in [0.25, 0.3) is 0 Å². The average Bonchev–Trinajstić information content (AvgIpc) is 3.01. The Bertz CT molecular complexity index is 488. The molecule has 0 unspecified atom stereocenters. The SMILES string of the molecule is CC1CCN(c2ccc([C@@H](C)NC3CCCC3)cc2F)CC1. The minimum atomic E-state index is -0.0628. The minimum Gasteiger partial charge on any atom is -0.369 e.